The van der Waals surface area contributed by atoms with Gasteiger partial charge in [0.1, 0.15) is 0 Å². The van der Waals surface area contributed by atoms with Crippen molar-refractivity contribution in [2.45, 2.75) is 13.8 Å². The van der Waals surface area contributed by atoms with Crippen LogP contribution in [0.4, 0.5) is 10.3 Å². The number of hydrogen-bond acceptors (Lipinski definition) is 4. The Morgan fingerprint density at radius 3 is 2.95 bits per heavy atom. The number of nitrogens with zero attached hydrogens (tertiary/aromatic N) is 2. The maximum absolute atomic E-state index is 13.6. The van der Waals surface area contributed by atoms with E-state index in [-0.39, 0.29) is 11.6 Å². The Morgan fingerprint density at radius 1 is 1.42 bits per heavy atom. The largest absolute Gasteiger partial charge is 0.435 e. The van der Waals surface area contributed by atoms with Crippen molar-refractivity contribution in [2.75, 3.05) is 11.9 Å². The summed E-state index contributed by atoms with van der Waals surface area (Å²) in [6, 6.07) is 4.67. The first-order valence-electron chi connectivity index (χ1n) is 5.80. The van der Waals surface area contributed by atoms with E-state index in [1.54, 1.807) is 18.3 Å². The topological polar surface area (TPSA) is 47.0 Å². The minimum atomic E-state index is -0.430. The maximum atomic E-state index is 13.6. The molecule has 1 N–H and O–H groups in total. The van der Waals surface area contributed by atoms with Gasteiger partial charge >= 0.3 is 0 Å². The predicted octanol–water partition coefficient (Wildman–Crippen LogP) is 3.91. The molecule has 6 heteroatoms. The van der Waals surface area contributed by atoms with E-state index >= 15 is 0 Å². The summed E-state index contributed by atoms with van der Waals surface area (Å²) in [5.41, 5.74) is 0.911. The van der Waals surface area contributed by atoms with Crippen molar-refractivity contribution in [1.29, 1.82) is 0 Å². The quantitative estimate of drug-likeness (QED) is 0.925. The fraction of sp³-hybridized carbons (Fsp3) is 0.231. The Hall–Kier alpha value is -1.69. The lowest BCUT2D eigenvalue weighted by Crippen LogP contribution is -2.03. The Kier molecular flexibility index (Phi) is 4.31. The number of anilines is 1. The number of aromatic nitrogens is 2. The van der Waals surface area contributed by atoms with Gasteiger partial charge in [-0.2, -0.15) is 4.98 Å². The van der Waals surface area contributed by atoms with Crippen LogP contribution in [0.5, 0.6) is 11.6 Å². The SMILES string of the molecule is CCNc1ncc(Br)c(Oc2cc(C)ccc2F)n1. The molecule has 0 fully saturated rings. The first kappa shape index (κ1) is 13.7. The molecule has 0 atom stereocenters. The van der Waals surface area contributed by atoms with Gasteiger partial charge in [-0.25, -0.2) is 9.37 Å². The van der Waals surface area contributed by atoms with Crippen molar-refractivity contribution in [3.05, 3.63) is 40.2 Å². The molecule has 1 aromatic heterocycles. The molecule has 1 heterocycles. The van der Waals surface area contributed by atoms with Crippen LogP contribution in [0.3, 0.4) is 0 Å². The third-order valence-electron chi connectivity index (χ3n) is 2.34. The summed E-state index contributed by atoms with van der Waals surface area (Å²) < 4.78 is 19.7. The van der Waals surface area contributed by atoms with Crippen molar-refractivity contribution < 1.29 is 9.13 Å². The number of rotatable bonds is 4. The fourth-order valence-electron chi connectivity index (χ4n) is 1.46. The number of ether oxygens (including phenoxy) is 1. The van der Waals surface area contributed by atoms with Crippen molar-refractivity contribution in [3.63, 3.8) is 0 Å². The Labute approximate surface area is 119 Å². The van der Waals surface area contributed by atoms with Crippen molar-refractivity contribution >= 4 is 21.9 Å². The maximum Gasteiger partial charge on any atom is 0.238 e. The van der Waals surface area contributed by atoms with Gasteiger partial charge < -0.3 is 10.1 Å². The molecule has 0 spiro atoms. The van der Waals surface area contributed by atoms with Crippen LogP contribution in [0, 0.1) is 12.7 Å². The number of hydrogen-bond donors (Lipinski definition) is 1. The highest BCUT2D eigenvalue weighted by molar-refractivity contribution is 9.10. The Bertz CT molecular complexity index is 592. The molecule has 0 radical (unpaired) electrons. The third-order valence-corrected chi connectivity index (χ3v) is 2.88. The van der Waals surface area contributed by atoms with Gasteiger partial charge in [-0.1, -0.05) is 6.07 Å². The number of halogens is 2. The molecule has 2 aromatic rings. The van der Waals surface area contributed by atoms with Gasteiger partial charge in [0.15, 0.2) is 11.6 Å². The van der Waals surface area contributed by atoms with Crippen LogP contribution >= 0.6 is 15.9 Å². The van der Waals surface area contributed by atoms with Crippen LogP contribution in [0.25, 0.3) is 0 Å². The highest BCUT2D eigenvalue weighted by Crippen LogP contribution is 2.30. The average molecular weight is 326 g/mol. The van der Waals surface area contributed by atoms with Gasteiger partial charge in [0.2, 0.25) is 11.8 Å². The summed E-state index contributed by atoms with van der Waals surface area (Å²) in [7, 11) is 0. The van der Waals surface area contributed by atoms with E-state index < -0.39 is 5.82 Å². The molecule has 2 rings (SSSR count). The monoisotopic (exact) mass is 325 g/mol. The zero-order chi connectivity index (χ0) is 13.8. The van der Waals surface area contributed by atoms with Gasteiger partial charge in [-0.05, 0) is 47.5 Å². The zero-order valence-electron chi connectivity index (χ0n) is 10.6. The predicted molar refractivity (Wildman–Crippen MR) is 75.1 cm³/mol. The summed E-state index contributed by atoms with van der Waals surface area (Å²) in [6.07, 6.45) is 1.56. The molecule has 0 aliphatic carbocycles. The lowest BCUT2D eigenvalue weighted by Gasteiger charge is -2.09. The standard InChI is InChI=1S/C13H13BrFN3O/c1-3-16-13-17-7-9(14)12(18-13)19-11-6-8(2)4-5-10(11)15/h4-7H,3H2,1-2H3,(H,16,17,18). The lowest BCUT2D eigenvalue weighted by molar-refractivity contribution is 0.424. The molecular formula is C13H13BrFN3O. The minimum Gasteiger partial charge on any atom is -0.435 e. The van der Waals surface area contributed by atoms with Crippen LogP contribution in [-0.2, 0) is 0 Å². The molecule has 0 saturated carbocycles. The molecule has 4 nitrogen and oxygen atoms in total. The van der Waals surface area contributed by atoms with Crippen molar-refractivity contribution in [1.82, 2.24) is 9.97 Å². The van der Waals surface area contributed by atoms with Crippen LogP contribution in [0.2, 0.25) is 0 Å². The zero-order valence-corrected chi connectivity index (χ0v) is 12.2. The van der Waals surface area contributed by atoms with Crippen LogP contribution in [0.1, 0.15) is 12.5 Å². The summed E-state index contributed by atoms with van der Waals surface area (Å²) in [6.45, 7) is 4.50. The molecule has 0 saturated heterocycles. The lowest BCUT2D eigenvalue weighted by atomic mass is 10.2. The first-order chi connectivity index (χ1) is 9.10. The van der Waals surface area contributed by atoms with E-state index in [0.29, 0.717) is 17.0 Å². The molecule has 0 unspecified atom stereocenters. The summed E-state index contributed by atoms with van der Waals surface area (Å²) in [4.78, 5) is 8.24. The number of nitrogens with one attached hydrogen (secondary N) is 1. The van der Waals surface area contributed by atoms with Gasteiger partial charge in [-0.15, -0.1) is 0 Å². The normalized spacial score (nSPS) is 10.3. The van der Waals surface area contributed by atoms with E-state index in [9.17, 15) is 4.39 Å². The second kappa shape index (κ2) is 5.97. The van der Waals surface area contributed by atoms with Crippen LogP contribution in [-0.4, -0.2) is 16.5 Å². The molecule has 100 valence electrons. The van der Waals surface area contributed by atoms with Gasteiger partial charge in [0, 0.05) is 6.54 Å². The Balaban J connectivity index is 2.31. The Morgan fingerprint density at radius 2 is 2.21 bits per heavy atom. The van der Waals surface area contributed by atoms with Crippen molar-refractivity contribution in [3.8, 4) is 11.6 Å². The molecule has 19 heavy (non-hydrogen) atoms. The van der Waals surface area contributed by atoms with E-state index in [2.05, 4.69) is 31.2 Å². The fourth-order valence-corrected chi connectivity index (χ4v) is 1.73. The molecule has 0 aliphatic rings. The summed E-state index contributed by atoms with van der Waals surface area (Å²) in [5.74, 6) is 0.423. The highest BCUT2D eigenvalue weighted by Gasteiger charge is 2.10. The van der Waals surface area contributed by atoms with E-state index in [1.807, 2.05) is 13.8 Å². The van der Waals surface area contributed by atoms with Gasteiger partial charge in [-0.3, -0.25) is 0 Å². The van der Waals surface area contributed by atoms with E-state index in [4.69, 9.17) is 4.74 Å². The van der Waals surface area contributed by atoms with Crippen molar-refractivity contribution in [2.24, 2.45) is 0 Å². The highest BCUT2D eigenvalue weighted by atomic mass is 79.9. The molecule has 0 aliphatic heterocycles. The van der Waals surface area contributed by atoms with Crippen LogP contribution in [0.15, 0.2) is 28.9 Å². The molecule has 0 bridgehead atoms. The van der Waals surface area contributed by atoms with E-state index in [1.165, 1.54) is 6.07 Å². The molecular weight excluding hydrogens is 313 g/mol. The second-order valence-electron chi connectivity index (χ2n) is 3.91. The second-order valence-corrected chi connectivity index (χ2v) is 4.77. The number of aryl methyl sites for hydroxylation is 1. The minimum absolute atomic E-state index is 0.141. The van der Waals surface area contributed by atoms with E-state index in [0.717, 1.165) is 5.56 Å². The average Bonchev–Trinajstić information content (AvgIpc) is 2.38. The van der Waals surface area contributed by atoms with Crippen LogP contribution < -0.4 is 10.1 Å². The third kappa shape index (κ3) is 3.41. The molecule has 1 aromatic carbocycles. The number of benzene rings is 1. The summed E-state index contributed by atoms with van der Waals surface area (Å²) in [5, 5.41) is 2.97. The van der Waals surface area contributed by atoms with Gasteiger partial charge in [0.05, 0.1) is 10.7 Å². The van der Waals surface area contributed by atoms with Gasteiger partial charge in [0.25, 0.3) is 0 Å². The summed E-state index contributed by atoms with van der Waals surface area (Å²) >= 11 is 3.28. The first-order valence-corrected chi connectivity index (χ1v) is 6.60. The molecule has 0 amide bonds. The smallest absolute Gasteiger partial charge is 0.238 e.